The Balaban J connectivity index is 0.673. The summed E-state index contributed by atoms with van der Waals surface area (Å²) in [5, 5.41) is 5.55. The molecular formula is C64H79N3O17S2. The molecule has 86 heavy (non-hydrogen) atoms. The van der Waals surface area contributed by atoms with Crippen LogP contribution in [0.5, 0.6) is 0 Å². The Hall–Kier alpha value is -6.72. The maximum atomic E-state index is 13.8. The smallest absolute Gasteiger partial charge is 0.251 e. The van der Waals surface area contributed by atoms with E-state index in [9.17, 15) is 36.0 Å². The standard InChI is InChI=1S/C64H79N3O17S2/c1-50-11-21-58(22-12-50)85(72,73)48-57(49-86(74,75)59-23-13-51(2)14-24-59)63(70)54-17-19-55(20-18-54)64(71)66-28-30-77-32-34-79-36-38-81-40-42-83-44-46-84-45-43-82-41-39-80-37-35-78-33-31-76-29-27-65-61(68)25-26-62(69)67-47-56-9-4-3-7-52(56)15-16-53-8-5-6-10-60(53)67/h3-14,17-24,57H,25-49H2,1-2H3,(H,65,68)(H,66,71). The molecule has 0 fully saturated rings. The van der Waals surface area contributed by atoms with E-state index < -0.39 is 48.8 Å². The monoisotopic (exact) mass is 1230 g/mol. The summed E-state index contributed by atoms with van der Waals surface area (Å²) in [5.41, 5.74) is 5.37. The van der Waals surface area contributed by atoms with Gasteiger partial charge in [-0.2, -0.15) is 0 Å². The Morgan fingerprint density at radius 1 is 0.453 bits per heavy atom. The molecule has 0 atom stereocenters. The SMILES string of the molecule is Cc1ccc(S(=O)(=O)CC(CS(=O)(=O)c2ccc(C)cc2)C(=O)c2ccc(C(=O)NCCOCCOCCOCCOCCOCCOCCOCCOCCOCCNC(=O)CCC(=O)N3Cc4ccccc4C#Cc4ccccc43)cc2)cc1. The van der Waals surface area contributed by atoms with E-state index in [2.05, 4.69) is 22.5 Å². The van der Waals surface area contributed by atoms with Crippen LogP contribution in [0.3, 0.4) is 0 Å². The lowest BCUT2D eigenvalue weighted by Crippen LogP contribution is -2.34. The zero-order valence-electron chi connectivity index (χ0n) is 49.0. The molecule has 0 aromatic heterocycles. The van der Waals surface area contributed by atoms with E-state index in [0.717, 1.165) is 33.5 Å². The Morgan fingerprint density at radius 2 is 0.837 bits per heavy atom. The molecule has 5 aromatic rings. The molecule has 0 aliphatic carbocycles. The highest BCUT2D eigenvalue weighted by atomic mass is 32.2. The number of hydrogen-bond donors (Lipinski definition) is 2. The minimum Gasteiger partial charge on any atom is -0.377 e. The molecule has 0 saturated heterocycles. The maximum absolute atomic E-state index is 13.8. The molecule has 1 aliphatic heterocycles. The fourth-order valence-electron chi connectivity index (χ4n) is 8.55. The number of carbonyl (C=O) groups excluding carboxylic acids is 4. The second kappa shape index (κ2) is 37.8. The van der Waals surface area contributed by atoms with Crippen molar-refractivity contribution in [3.63, 3.8) is 0 Å². The number of nitrogens with zero attached hydrogens (tertiary/aromatic N) is 1. The average Bonchev–Trinajstić information content (AvgIpc) is 1.52. The van der Waals surface area contributed by atoms with E-state index in [1.807, 2.05) is 62.4 Å². The average molecular weight is 1230 g/mol. The van der Waals surface area contributed by atoms with E-state index in [0.29, 0.717) is 125 Å². The van der Waals surface area contributed by atoms with Gasteiger partial charge in [0, 0.05) is 48.2 Å². The molecule has 1 aliphatic rings. The number of ketones is 1. The number of rotatable bonds is 42. The first-order chi connectivity index (χ1) is 41.7. The number of aryl methyl sites for hydroxylation is 2. The summed E-state index contributed by atoms with van der Waals surface area (Å²) in [6, 6.07) is 33.2. The lowest BCUT2D eigenvalue weighted by molar-refractivity contribution is -0.125. The third-order valence-electron chi connectivity index (χ3n) is 13.2. The highest BCUT2D eigenvalue weighted by molar-refractivity contribution is 7.92. The summed E-state index contributed by atoms with van der Waals surface area (Å²) < 4.78 is 104. The zero-order chi connectivity index (χ0) is 61.2. The number of nitrogens with one attached hydrogen (secondary N) is 2. The molecule has 0 radical (unpaired) electrons. The third kappa shape index (κ3) is 24.6. The Labute approximate surface area is 505 Å². The van der Waals surface area contributed by atoms with Gasteiger partial charge in [-0.25, -0.2) is 16.8 Å². The van der Waals surface area contributed by atoms with Gasteiger partial charge in [-0.3, -0.25) is 19.2 Å². The van der Waals surface area contributed by atoms with Gasteiger partial charge in [0.1, 0.15) is 0 Å². The van der Waals surface area contributed by atoms with Crippen LogP contribution < -0.4 is 15.5 Å². The van der Waals surface area contributed by atoms with Gasteiger partial charge in [-0.15, -0.1) is 0 Å². The number of para-hydroxylation sites is 1. The summed E-state index contributed by atoms with van der Waals surface area (Å²) in [4.78, 5) is 54.2. The molecule has 1 heterocycles. The highest BCUT2D eigenvalue weighted by Gasteiger charge is 2.33. The summed E-state index contributed by atoms with van der Waals surface area (Å²) in [5.74, 6) is 2.08. The summed E-state index contributed by atoms with van der Waals surface area (Å²) in [6.45, 7) is 11.4. The third-order valence-corrected chi connectivity index (χ3v) is 16.9. The fourth-order valence-corrected chi connectivity index (χ4v) is 11.8. The summed E-state index contributed by atoms with van der Waals surface area (Å²) >= 11 is 0. The number of benzene rings is 5. The quantitative estimate of drug-likeness (QED) is 0.0267. The van der Waals surface area contributed by atoms with Crippen molar-refractivity contribution < 1.29 is 78.6 Å². The predicted molar refractivity (Wildman–Crippen MR) is 323 cm³/mol. The van der Waals surface area contributed by atoms with Gasteiger partial charge in [-0.05, 0) is 74.0 Å². The minimum absolute atomic E-state index is 0.0139. The molecule has 0 unspecified atom stereocenters. The van der Waals surface area contributed by atoms with E-state index in [-0.39, 0.29) is 58.7 Å². The van der Waals surface area contributed by atoms with Gasteiger partial charge < -0.3 is 58.2 Å². The zero-order valence-corrected chi connectivity index (χ0v) is 50.6. The Bertz CT molecular complexity index is 3110. The van der Waals surface area contributed by atoms with Crippen molar-refractivity contribution in [2.24, 2.45) is 5.92 Å². The normalized spacial score (nSPS) is 12.2. The van der Waals surface area contributed by atoms with Crippen LogP contribution in [0, 0.1) is 31.6 Å². The first-order valence-corrected chi connectivity index (χ1v) is 32.0. The van der Waals surface area contributed by atoms with Gasteiger partial charge >= 0.3 is 0 Å². The lowest BCUT2D eigenvalue weighted by atomic mass is 9.99. The molecule has 20 nitrogen and oxygen atoms in total. The minimum atomic E-state index is -4.05. The molecule has 6 rings (SSSR count). The summed E-state index contributed by atoms with van der Waals surface area (Å²) in [7, 11) is -8.11. The van der Waals surface area contributed by atoms with E-state index in [1.165, 1.54) is 48.5 Å². The number of hydrogen-bond acceptors (Lipinski definition) is 17. The predicted octanol–water partition coefficient (Wildman–Crippen LogP) is 5.77. The summed E-state index contributed by atoms with van der Waals surface area (Å²) in [6.07, 6.45) is 0.135. The topological polar surface area (TPSA) is 247 Å². The van der Waals surface area contributed by atoms with Crippen molar-refractivity contribution in [2.75, 3.05) is 148 Å². The number of carbonyl (C=O) groups is 4. The van der Waals surface area contributed by atoms with Crippen molar-refractivity contribution in [1.82, 2.24) is 10.6 Å². The van der Waals surface area contributed by atoms with Gasteiger partial charge in [0.2, 0.25) is 11.8 Å². The van der Waals surface area contributed by atoms with Crippen LogP contribution >= 0.6 is 0 Å². The van der Waals surface area contributed by atoms with Crippen molar-refractivity contribution >= 4 is 48.9 Å². The van der Waals surface area contributed by atoms with E-state index >= 15 is 0 Å². The second-order valence-corrected chi connectivity index (χ2v) is 23.9. The van der Waals surface area contributed by atoms with Crippen LogP contribution in [0.25, 0.3) is 0 Å². The molecule has 2 N–H and O–H groups in total. The van der Waals surface area contributed by atoms with Crippen LogP contribution in [-0.2, 0) is 78.4 Å². The molecule has 464 valence electrons. The molecular weight excluding hydrogens is 1150 g/mol. The Kier molecular flexibility index (Phi) is 30.0. The van der Waals surface area contributed by atoms with Gasteiger partial charge in [0.05, 0.1) is 158 Å². The van der Waals surface area contributed by atoms with Crippen molar-refractivity contribution in [3.05, 3.63) is 160 Å². The van der Waals surface area contributed by atoms with Gasteiger partial charge in [0.15, 0.2) is 25.5 Å². The van der Waals surface area contributed by atoms with Crippen LogP contribution in [0.4, 0.5) is 5.69 Å². The fraction of sp³-hybridized carbons (Fsp3) is 0.438. The molecule has 0 spiro atoms. The van der Waals surface area contributed by atoms with Crippen molar-refractivity contribution in [1.29, 1.82) is 0 Å². The Morgan fingerprint density at radius 3 is 1.30 bits per heavy atom. The van der Waals surface area contributed by atoms with Crippen molar-refractivity contribution in [3.8, 4) is 11.8 Å². The largest absolute Gasteiger partial charge is 0.377 e. The van der Waals surface area contributed by atoms with Gasteiger partial charge in [0.25, 0.3) is 5.91 Å². The number of fused-ring (bicyclic) bond motifs is 2. The highest BCUT2D eigenvalue weighted by Crippen LogP contribution is 2.27. The second-order valence-electron chi connectivity index (χ2n) is 19.8. The van der Waals surface area contributed by atoms with E-state index in [1.54, 1.807) is 29.2 Å². The molecule has 5 aromatic carbocycles. The first-order valence-electron chi connectivity index (χ1n) is 28.7. The molecule has 22 heteroatoms. The number of Topliss-reactive ketones (excluding diaryl/α,β-unsaturated/α-hetero) is 1. The van der Waals surface area contributed by atoms with E-state index in [4.69, 9.17) is 42.6 Å². The van der Waals surface area contributed by atoms with Crippen LogP contribution in [-0.4, -0.2) is 184 Å². The molecule has 0 bridgehead atoms. The maximum Gasteiger partial charge on any atom is 0.251 e. The lowest BCUT2D eigenvalue weighted by Gasteiger charge is -2.26. The number of sulfone groups is 2. The first kappa shape index (κ1) is 68.4. The van der Waals surface area contributed by atoms with Gasteiger partial charge in [-0.1, -0.05) is 89.7 Å². The number of anilines is 1. The molecule has 3 amide bonds. The number of amides is 3. The van der Waals surface area contributed by atoms with Crippen LogP contribution in [0.1, 0.15) is 61.4 Å². The number of ether oxygens (including phenoxy) is 9. The van der Waals surface area contributed by atoms with Crippen LogP contribution in [0.15, 0.2) is 131 Å². The van der Waals surface area contributed by atoms with Crippen LogP contribution in [0.2, 0.25) is 0 Å². The molecule has 0 saturated carbocycles. The van der Waals surface area contributed by atoms with Crippen molar-refractivity contribution in [2.45, 2.75) is 43.0 Å².